The second-order valence-electron chi connectivity index (χ2n) is 16.6. The van der Waals surface area contributed by atoms with Crippen LogP contribution in [0.15, 0.2) is 0 Å². The van der Waals surface area contributed by atoms with E-state index < -0.39 is 122 Å². The van der Waals surface area contributed by atoms with Crippen LogP contribution in [0.4, 0.5) is 0 Å². The first kappa shape index (κ1) is 51.7. The summed E-state index contributed by atoms with van der Waals surface area (Å²) in [6, 6.07) is -1.26. The SMILES string of the molecule is COC(=O)[C@H](CC1CCCCC1)OC[C@H]1O[C@@H](OC)[C@H](NC(C)=O)[C@@H](O[C@@H]2O[C@H](COC(C)=O)[C@H](OC(C)=O)[C@H](O[C@@H](CC3CCCCC3)C(=O)OC)[C@H]2OC(C)=O)[C@H]1OC(C)=O. The Kier molecular flexibility index (Phi) is 20.9. The van der Waals surface area contributed by atoms with Gasteiger partial charge in [0.1, 0.15) is 37.1 Å². The molecule has 20 heteroatoms. The zero-order chi connectivity index (χ0) is 46.2. The average Bonchev–Trinajstić information content (AvgIpc) is 3.24. The number of carbonyl (C=O) groups excluding carboxylic acids is 7. The van der Waals surface area contributed by atoms with E-state index in [0.29, 0.717) is 6.42 Å². The predicted octanol–water partition coefficient (Wildman–Crippen LogP) is 2.76. The molecule has 20 nitrogen and oxygen atoms in total. The number of ether oxygens (including phenoxy) is 12. The van der Waals surface area contributed by atoms with E-state index in [-0.39, 0.29) is 24.9 Å². The fraction of sp³-hybridized carbons (Fsp3) is 0.837. The average molecular weight is 902 g/mol. The zero-order valence-corrected chi connectivity index (χ0v) is 37.7. The minimum atomic E-state index is -1.75. The van der Waals surface area contributed by atoms with Crippen molar-refractivity contribution in [2.75, 3.05) is 34.5 Å². The molecule has 0 aromatic carbocycles. The van der Waals surface area contributed by atoms with Crippen molar-refractivity contribution in [3.63, 3.8) is 0 Å². The minimum Gasteiger partial charge on any atom is -0.467 e. The van der Waals surface area contributed by atoms with Crippen LogP contribution in [-0.4, -0.2) is 150 Å². The number of esters is 6. The van der Waals surface area contributed by atoms with Gasteiger partial charge in [0, 0.05) is 41.7 Å². The van der Waals surface area contributed by atoms with Crippen LogP contribution in [0.5, 0.6) is 0 Å². The van der Waals surface area contributed by atoms with Gasteiger partial charge >= 0.3 is 35.8 Å². The lowest BCUT2D eigenvalue weighted by molar-refractivity contribution is -0.351. The zero-order valence-electron chi connectivity index (χ0n) is 37.7. The van der Waals surface area contributed by atoms with E-state index >= 15 is 0 Å². The van der Waals surface area contributed by atoms with Gasteiger partial charge in [0.2, 0.25) is 5.91 Å². The minimum absolute atomic E-state index is 0.0719. The molecule has 2 aliphatic carbocycles. The fourth-order valence-electron chi connectivity index (χ4n) is 8.96. The first-order chi connectivity index (χ1) is 30.0. The summed E-state index contributed by atoms with van der Waals surface area (Å²) in [5.41, 5.74) is 0. The third-order valence-electron chi connectivity index (χ3n) is 11.7. The number of hydrogen-bond acceptors (Lipinski definition) is 19. The highest BCUT2D eigenvalue weighted by Gasteiger charge is 2.57. The van der Waals surface area contributed by atoms with Crippen LogP contribution in [0, 0.1) is 11.8 Å². The van der Waals surface area contributed by atoms with Gasteiger partial charge in [0.05, 0.1) is 20.8 Å². The lowest BCUT2D eigenvalue weighted by Gasteiger charge is -2.49. The molecule has 1 N–H and O–H groups in total. The summed E-state index contributed by atoms with van der Waals surface area (Å²) in [4.78, 5) is 90.0. The lowest BCUT2D eigenvalue weighted by atomic mass is 9.85. The molecule has 1 amide bonds. The Labute approximate surface area is 368 Å². The highest BCUT2D eigenvalue weighted by molar-refractivity contribution is 5.75. The maximum atomic E-state index is 13.4. The molecular formula is C43H67NO19. The molecule has 358 valence electrons. The molecule has 12 atom stereocenters. The maximum Gasteiger partial charge on any atom is 0.335 e. The quantitative estimate of drug-likeness (QED) is 0.136. The summed E-state index contributed by atoms with van der Waals surface area (Å²) in [5.74, 6) is -4.81. The molecule has 0 aromatic heterocycles. The molecule has 4 rings (SSSR count). The summed E-state index contributed by atoms with van der Waals surface area (Å²) in [6.07, 6.45) is -5.30. The van der Waals surface area contributed by atoms with Gasteiger partial charge in [0.25, 0.3) is 0 Å². The number of nitrogens with one attached hydrogen (secondary N) is 1. The molecule has 0 unspecified atom stereocenters. The van der Waals surface area contributed by atoms with Crippen molar-refractivity contribution in [3.05, 3.63) is 0 Å². The summed E-state index contributed by atoms with van der Waals surface area (Å²) in [5, 5.41) is 2.73. The molecule has 0 bridgehead atoms. The predicted molar refractivity (Wildman–Crippen MR) is 215 cm³/mol. The van der Waals surface area contributed by atoms with Crippen LogP contribution in [0.25, 0.3) is 0 Å². The van der Waals surface area contributed by atoms with E-state index in [1.54, 1.807) is 0 Å². The van der Waals surface area contributed by atoms with E-state index in [4.69, 9.17) is 56.8 Å². The van der Waals surface area contributed by atoms with Crippen molar-refractivity contribution >= 4 is 41.7 Å². The second kappa shape index (κ2) is 25.5. The van der Waals surface area contributed by atoms with Gasteiger partial charge in [-0.05, 0) is 24.7 Å². The van der Waals surface area contributed by atoms with Gasteiger partial charge < -0.3 is 62.2 Å². The van der Waals surface area contributed by atoms with E-state index in [1.807, 2.05) is 0 Å². The Balaban J connectivity index is 1.81. The Morgan fingerprint density at radius 2 is 1.03 bits per heavy atom. The Morgan fingerprint density at radius 1 is 0.556 bits per heavy atom. The molecule has 0 aromatic rings. The fourth-order valence-corrected chi connectivity index (χ4v) is 8.96. The first-order valence-electron chi connectivity index (χ1n) is 21.9. The van der Waals surface area contributed by atoms with Crippen LogP contribution in [0.1, 0.15) is 112 Å². The van der Waals surface area contributed by atoms with Crippen molar-refractivity contribution in [3.8, 4) is 0 Å². The largest absolute Gasteiger partial charge is 0.467 e. The van der Waals surface area contributed by atoms with E-state index in [2.05, 4.69) is 5.32 Å². The molecule has 2 saturated carbocycles. The van der Waals surface area contributed by atoms with Crippen molar-refractivity contribution in [2.45, 2.75) is 185 Å². The van der Waals surface area contributed by atoms with Crippen LogP contribution in [0.3, 0.4) is 0 Å². The van der Waals surface area contributed by atoms with E-state index in [9.17, 15) is 33.6 Å². The van der Waals surface area contributed by atoms with Gasteiger partial charge in [-0.2, -0.15) is 0 Å². The molecule has 0 spiro atoms. The third-order valence-corrected chi connectivity index (χ3v) is 11.7. The van der Waals surface area contributed by atoms with Crippen LogP contribution in [0.2, 0.25) is 0 Å². The molecule has 2 heterocycles. The van der Waals surface area contributed by atoms with Crippen molar-refractivity contribution in [1.29, 1.82) is 0 Å². The molecule has 2 aliphatic heterocycles. The number of carbonyl (C=O) groups is 7. The lowest BCUT2D eigenvalue weighted by Crippen LogP contribution is -2.69. The second-order valence-corrected chi connectivity index (χ2v) is 16.6. The Hall–Kier alpha value is -3.95. The summed E-state index contributed by atoms with van der Waals surface area (Å²) < 4.78 is 70.8. The Bertz CT molecular complexity index is 1530. The molecular weight excluding hydrogens is 834 g/mol. The van der Waals surface area contributed by atoms with Crippen molar-refractivity contribution in [2.24, 2.45) is 11.8 Å². The standard InChI is InChI=1S/C43H67NO19/c1-23(45)44-34-37(35(57-25(3)47)33(61-42(34)54-8)22-56-30(40(50)52-6)19-28-15-11-9-12-16-28)63-43-39(59-27(5)49)38(36(58-26(4)48)32(62-43)21-55-24(2)46)60-31(41(51)53-7)20-29-17-13-10-14-18-29/h28-39,42-43H,9-22H2,1-8H3,(H,44,45)/t30-,31-,32+,33+,34+,35-,36-,37+,38-,39+,42+,43-/m0/s1. The molecule has 0 radical (unpaired) electrons. The van der Waals surface area contributed by atoms with E-state index in [0.717, 1.165) is 91.9 Å². The number of hydrogen-bond donors (Lipinski definition) is 1. The number of amides is 1. The summed E-state index contributed by atoms with van der Waals surface area (Å²) in [6.45, 7) is 4.87. The van der Waals surface area contributed by atoms with Crippen LogP contribution in [-0.2, 0) is 90.4 Å². The van der Waals surface area contributed by atoms with Crippen molar-refractivity contribution < 1.29 is 90.4 Å². The third kappa shape index (κ3) is 15.6. The molecule has 63 heavy (non-hydrogen) atoms. The number of methoxy groups -OCH3 is 3. The van der Waals surface area contributed by atoms with Crippen LogP contribution >= 0.6 is 0 Å². The monoisotopic (exact) mass is 901 g/mol. The normalized spacial score (nSPS) is 30.2. The smallest absolute Gasteiger partial charge is 0.335 e. The highest BCUT2D eigenvalue weighted by Crippen LogP contribution is 2.37. The summed E-state index contributed by atoms with van der Waals surface area (Å²) >= 11 is 0. The molecule has 4 aliphatic rings. The van der Waals surface area contributed by atoms with Crippen LogP contribution < -0.4 is 5.32 Å². The van der Waals surface area contributed by atoms with E-state index in [1.165, 1.54) is 28.3 Å². The Morgan fingerprint density at radius 3 is 1.52 bits per heavy atom. The van der Waals surface area contributed by atoms with Gasteiger partial charge in [-0.1, -0.05) is 64.2 Å². The highest BCUT2D eigenvalue weighted by atomic mass is 16.8. The molecule has 4 fully saturated rings. The molecule has 2 saturated heterocycles. The number of rotatable bonds is 20. The van der Waals surface area contributed by atoms with Gasteiger partial charge in [-0.15, -0.1) is 0 Å². The van der Waals surface area contributed by atoms with Gasteiger partial charge in [0.15, 0.2) is 43.1 Å². The topological polar surface area (TPSA) is 242 Å². The van der Waals surface area contributed by atoms with Gasteiger partial charge in [-0.25, -0.2) is 9.59 Å². The van der Waals surface area contributed by atoms with Gasteiger partial charge in [-0.3, -0.25) is 24.0 Å². The van der Waals surface area contributed by atoms with Crippen molar-refractivity contribution in [1.82, 2.24) is 5.32 Å². The first-order valence-corrected chi connectivity index (χ1v) is 21.9. The maximum absolute atomic E-state index is 13.4. The summed E-state index contributed by atoms with van der Waals surface area (Å²) in [7, 11) is 3.76.